The molecule has 0 spiro atoms. The number of nitriles is 1. The Kier molecular flexibility index (Phi) is 3.66. The first-order valence-electron chi connectivity index (χ1n) is 5.69. The Labute approximate surface area is 110 Å². The van der Waals surface area contributed by atoms with Crippen molar-refractivity contribution in [3.8, 4) is 17.6 Å². The molecule has 98 valence electrons. The molecule has 1 heterocycles. The zero-order valence-electron chi connectivity index (χ0n) is 10.9. The van der Waals surface area contributed by atoms with Crippen molar-refractivity contribution in [3.05, 3.63) is 35.5 Å². The summed E-state index contributed by atoms with van der Waals surface area (Å²) in [5.41, 5.74) is 0.505. The van der Waals surface area contributed by atoms with Gasteiger partial charge in [0.1, 0.15) is 0 Å². The number of methoxy groups -OCH3 is 1. The van der Waals surface area contributed by atoms with Crippen molar-refractivity contribution in [1.82, 2.24) is 10.1 Å². The minimum absolute atomic E-state index is 0.393. The molecule has 19 heavy (non-hydrogen) atoms. The van der Waals surface area contributed by atoms with E-state index in [1.807, 2.05) is 6.07 Å². The smallest absolute Gasteiger partial charge is 0.267 e. The molecule has 2 aromatic rings. The molecule has 0 unspecified atom stereocenters. The summed E-state index contributed by atoms with van der Waals surface area (Å²) in [7, 11) is 1.52. The van der Waals surface area contributed by atoms with Crippen LogP contribution in [-0.2, 0) is 0 Å². The van der Waals surface area contributed by atoms with Crippen LogP contribution in [0.15, 0.2) is 22.7 Å². The van der Waals surface area contributed by atoms with Crippen molar-refractivity contribution in [2.75, 3.05) is 7.11 Å². The molecule has 1 aromatic heterocycles. The topological polar surface area (TPSA) is 81.2 Å². The Morgan fingerprint density at radius 3 is 2.74 bits per heavy atom. The lowest BCUT2D eigenvalue weighted by Gasteiger charge is -2.13. The molecule has 6 nitrogen and oxygen atoms in total. The molecule has 0 aliphatic heterocycles. The lowest BCUT2D eigenvalue weighted by Crippen LogP contribution is -2.04. The Hall–Kier alpha value is -2.55. The Morgan fingerprint density at radius 2 is 2.16 bits per heavy atom. The van der Waals surface area contributed by atoms with Crippen LogP contribution >= 0.6 is 0 Å². The molecule has 0 N–H and O–H groups in total. The number of rotatable bonds is 4. The van der Waals surface area contributed by atoms with E-state index in [0.29, 0.717) is 28.8 Å². The molecular formula is C13H13N3O3. The van der Waals surface area contributed by atoms with E-state index < -0.39 is 6.10 Å². The van der Waals surface area contributed by atoms with Crippen molar-refractivity contribution < 1.29 is 14.0 Å². The van der Waals surface area contributed by atoms with Crippen LogP contribution < -0.4 is 9.47 Å². The lowest BCUT2D eigenvalue weighted by molar-refractivity contribution is 0.169. The van der Waals surface area contributed by atoms with Gasteiger partial charge in [-0.1, -0.05) is 5.16 Å². The second-order valence-corrected chi connectivity index (χ2v) is 3.92. The van der Waals surface area contributed by atoms with Gasteiger partial charge in [0.05, 0.1) is 18.7 Å². The summed E-state index contributed by atoms with van der Waals surface area (Å²) in [4.78, 5) is 4.10. The normalized spacial score (nSPS) is 11.7. The van der Waals surface area contributed by atoms with Crippen LogP contribution in [0, 0.1) is 18.3 Å². The van der Waals surface area contributed by atoms with Gasteiger partial charge in [0.15, 0.2) is 23.4 Å². The van der Waals surface area contributed by atoms with Crippen LogP contribution in [0.1, 0.15) is 30.3 Å². The van der Waals surface area contributed by atoms with Gasteiger partial charge in [-0.3, -0.25) is 0 Å². The quantitative estimate of drug-likeness (QED) is 0.838. The number of nitrogens with zero attached hydrogens (tertiary/aromatic N) is 3. The molecule has 0 aliphatic rings. The average Bonchev–Trinajstić information content (AvgIpc) is 2.86. The number of ether oxygens (including phenoxy) is 2. The van der Waals surface area contributed by atoms with E-state index in [2.05, 4.69) is 10.1 Å². The predicted octanol–water partition coefficient (Wildman–Crippen LogP) is 2.40. The molecule has 0 aliphatic carbocycles. The number of aromatic nitrogens is 2. The molecular weight excluding hydrogens is 246 g/mol. The molecule has 0 bridgehead atoms. The second-order valence-electron chi connectivity index (χ2n) is 3.92. The average molecular weight is 259 g/mol. The summed E-state index contributed by atoms with van der Waals surface area (Å²) < 4.78 is 15.9. The van der Waals surface area contributed by atoms with Crippen LogP contribution in [0.5, 0.6) is 11.5 Å². The van der Waals surface area contributed by atoms with Crippen LogP contribution in [0.3, 0.4) is 0 Å². The van der Waals surface area contributed by atoms with Crippen LogP contribution in [0.4, 0.5) is 0 Å². The van der Waals surface area contributed by atoms with Gasteiger partial charge in [-0.05, 0) is 26.0 Å². The summed E-state index contributed by atoms with van der Waals surface area (Å²) in [6.45, 7) is 3.53. The fourth-order valence-corrected chi connectivity index (χ4v) is 1.55. The minimum Gasteiger partial charge on any atom is -0.493 e. The van der Waals surface area contributed by atoms with Gasteiger partial charge in [0.25, 0.3) is 5.89 Å². The Bertz CT molecular complexity index is 616. The molecule has 0 radical (unpaired) electrons. The van der Waals surface area contributed by atoms with Gasteiger partial charge in [-0.2, -0.15) is 10.2 Å². The monoisotopic (exact) mass is 259 g/mol. The Balaban J connectivity index is 2.21. The Morgan fingerprint density at radius 1 is 1.37 bits per heavy atom. The van der Waals surface area contributed by atoms with Gasteiger partial charge in [0, 0.05) is 6.07 Å². The summed E-state index contributed by atoms with van der Waals surface area (Å²) in [6, 6.07) is 6.99. The van der Waals surface area contributed by atoms with Gasteiger partial charge < -0.3 is 14.0 Å². The van der Waals surface area contributed by atoms with Crippen molar-refractivity contribution in [1.29, 1.82) is 5.26 Å². The first-order valence-corrected chi connectivity index (χ1v) is 5.69. The van der Waals surface area contributed by atoms with E-state index in [1.54, 1.807) is 32.0 Å². The summed E-state index contributed by atoms with van der Waals surface area (Å²) in [5, 5.41) is 12.5. The van der Waals surface area contributed by atoms with Crippen molar-refractivity contribution in [2.45, 2.75) is 20.0 Å². The number of benzene rings is 1. The molecule has 1 aromatic carbocycles. The van der Waals surface area contributed by atoms with E-state index >= 15 is 0 Å². The van der Waals surface area contributed by atoms with Crippen molar-refractivity contribution in [3.63, 3.8) is 0 Å². The number of aryl methyl sites for hydroxylation is 1. The van der Waals surface area contributed by atoms with Crippen molar-refractivity contribution >= 4 is 0 Å². The third-order valence-electron chi connectivity index (χ3n) is 2.49. The number of hydrogen-bond acceptors (Lipinski definition) is 6. The fraction of sp³-hybridized carbons (Fsp3) is 0.308. The molecule has 1 atom stereocenters. The zero-order valence-corrected chi connectivity index (χ0v) is 10.9. The molecule has 2 rings (SSSR count). The lowest BCUT2D eigenvalue weighted by atomic mass is 10.2. The highest BCUT2D eigenvalue weighted by atomic mass is 16.5. The molecule has 0 saturated carbocycles. The summed E-state index contributed by atoms with van der Waals surface area (Å²) >= 11 is 0. The van der Waals surface area contributed by atoms with Gasteiger partial charge in [0.2, 0.25) is 0 Å². The molecule has 0 fully saturated rings. The van der Waals surface area contributed by atoms with E-state index in [9.17, 15) is 0 Å². The van der Waals surface area contributed by atoms with Gasteiger partial charge in [-0.15, -0.1) is 0 Å². The highest BCUT2D eigenvalue weighted by molar-refractivity contribution is 5.46. The second kappa shape index (κ2) is 5.40. The standard InChI is InChI=1S/C13H13N3O3/c1-8(13-15-9(2)16-19-13)18-11-5-4-10(7-14)6-12(11)17-3/h4-6,8H,1-3H3/t8-/m1/s1. The van der Waals surface area contributed by atoms with Crippen molar-refractivity contribution in [2.24, 2.45) is 0 Å². The van der Waals surface area contributed by atoms with Crippen LogP contribution in [0.2, 0.25) is 0 Å². The fourth-order valence-electron chi connectivity index (χ4n) is 1.55. The van der Waals surface area contributed by atoms with E-state index in [4.69, 9.17) is 19.3 Å². The maximum atomic E-state index is 8.83. The largest absolute Gasteiger partial charge is 0.493 e. The van der Waals surface area contributed by atoms with Gasteiger partial charge in [-0.25, -0.2) is 0 Å². The van der Waals surface area contributed by atoms with Gasteiger partial charge >= 0.3 is 0 Å². The minimum atomic E-state index is -0.400. The highest BCUT2D eigenvalue weighted by Crippen LogP contribution is 2.31. The third kappa shape index (κ3) is 2.83. The number of hydrogen-bond donors (Lipinski definition) is 0. The maximum absolute atomic E-state index is 8.83. The predicted molar refractivity (Wildman–Crippen MR) is 65.8 cm³/mol. The van der Waals surface area contributed by atoms with Crippen LogP contribution in [0.25, 0.3) is 0 Å². The SMILES string of the molecule is COc1cc(C#N)ccc1O[C@H](C)c1nc(C)no1. The molecule has 0 amide bonds. The zero-order chi connectivity index (χ0) is 13.8. The summed E-state index contributed by atoms with van der Waals surface area (Å²) in [5.74, 6) is 1.95. The van der Waals surface area contributed by atoms with E-state index in [-0.39, 0.29) is 0 Å². The molecule has 0 saturated heterocycles. The van der Waals surface area contributed by atoms with E-state index in [1.165, 1.54) is 7.11 Å². The van der Waals surface area contributed by atoms with Crippen LogP contribution in [-0.4, -0.2) is 17.3 Å². The first-order chi connectivity index (χ1) is 9.13. The summed E-state index contributed by atoms with van der Waals surface area (Å²) in [6.07, 6.45) is -0.400. The highest BCUT2D eigenvalue weighted by Gasteiger charge is 2.17. The maximum Gasteiger partial charge on any atom is 0.267 e. The molecule has 6 heteroatoms. The third-order valence-corrected chi connectivity index (χ3v) is 2.49. The van der Waals surface area contributed by atoms with E-state index in [0.717, 1.165) is 0 Å². The first kappa shape index (κ1) is 12.9.